The second-order valence-electron chi connectivity index (χ2n) is 3.36. The highest BCUT2D eigenvalue weighted by Crippen LogP contribution is 2.21. The summed E-state index contributed by atoms with van der Waals surface area (Å²) in [4.78, 5) is 0. The van der Waals surface area contributed by atoms with Gasteiger partial charge >= 0.3 is 0 Å². The zero-order chi connectivity index (χ0) is 10.1. The second-order valence-corrected chi connectivity index (χ2v) is 4.21. The quantitative estimate of drug-likeness (QED) is 0.760. The van der Waals surface area contributed by atoms with Crippen LogP contribution in [0.5, 0.6) is 0 Å². The molecule has 0 N–H and O–H groups in total. The molecule has 0 aliphatic heterocycles. The first-order chi connectivity index (χ1) is 6.66. The maximum atomic E-state index is 4.37. The lowest BCUT2D eigenvalue weighted by Crippen LogP contribution is -1.96. The third-order valence-electron chi connectivity index (χ3n) is 2.07. The molecule has 1 heterocycles. The average Bonchev–Trinajstić information content (AvgIpc) is 2.56. The molecule has 1 aromatic carbocycles. The molecule has 0 bridgehead atoms. The molecule has 0 spiro atoms. The van der Waals surface area contributed by atoms with Crippen molar-refractivity contribution in [2.75, 3.05) is 0 Å². The second kappa shape index (κ2) is 3.58. The Hall–Kier alpha value is -1.09. The number of hydrogen-bond acceptors (Lipinski definition) is 1. The van der Waals surface area contributed by atoms with E-state index in [1.807, 2.05) is 29.9 Å². The Kier molecular flexibility index (Phi) is 2.42. The number of hydrogen-bond donors (Lipinski definition) is 0. The van der Waals surface area contributed by atoms with Gasteiger partial charge < -0.3 is 0 Å². The monoisotopic (exact) mass is 250 g/mol. The summed E-state index contributed by atoms with van der Waals surface area (Å²) in [5.41, 5.74) is 3.34. The van der Waals surface area contributed by atoms with Crippen LogP contribution in [0.25, 0.3) is 5.69 Å². The minimum absolute atomic E-state index is 1.03. The van der Waals surface area contributed by atoms with E-state index in [9.17, 15) is 0 Å². The van der Waals surface area contributed by atoms with Crippen LogP contribution < -0.4 is 0 Å². The van der Waals surface area contributed by atoms with Crippen molar-refractivity contribution < 1.29 is 0 Å². The van der Waals surface area contributed by atoms with Crippen molar-refractivity contribution in [1.29, 1.82) is 0 Å². The standard InChI is InChI=1S/C11H11BrN2/c1-8-3-4-10(12)11(7-8)14-6-5-9(2)13-14/h3-7H,1-2H3. The Morgan fingerprint density at radius 1 is 1.21 bits per heavy atom. The third kappa shape index (κ3) is 1.73. The SMILES string of the molecule is Cc1ccc(Br)c(-n2ccc(C)n2)c1. The van der Waals surface area contributed by atoms with Gasteiger partial charge in [-0.15, -0.1) is 0 Å². The number of aryl methyl sites for hydroxylation is 2. The van der Waals surface area contributed by atoms with E-state index in [4.69, 9.17) is 0 Å². The van der Waals surface area contributed by atoms with Crippen molar-refractivity contribution in [3.8, 4) is 5.69 Å². The van der Waals surface area contributed by atoms with Crippen LogP contribution in [0.3, 0.4) is 0 Å². The summed E-state index contributed by atoms with van der Waals surface area (Å²) in [5.74, 6) is 0. The van der Waals surface area contributed by atoms with Crippen LogP contribution in [-0.2, 0) is 0 Å². The van der Waals surface area contributed by atoms with Gasteiger partial charge in [0.05, 0.1) is 11.4 Å². The van der Waals surface area contributed by atoms with E-state index in [2.05, 4.69) is 40.1 Å². The van der Waals surface area contributed by atoms with E-state index in [1.54, 1.807) is 0 Å². The molecule has 0 saturated heterocycles. The zero-order valence-corrected chi connectivity index (χ0v) is 9.75. The summed E-state index contributed by atoms with van der Waals surface area (Å²) in [7, 11) is 0. The Morgan fingerprint density at radius 3 is 2.64 bits per heavy atom. The van der Waals surface area contributed by atoms with Crippen LogP contribution in [0.15, 0.2) is 34.9 Å². The normalized spacial score (nSPS) is 10.5. The molecule has 14 heavy (non-hydrogen) atoms. The lowest BCUT2D eigenvalue weighted by molar-refractivity contribution is 0.857. The average molecular weight is 251 g/mol. The van der Waals surface area contributed by atoms with E-state index in [1.165, 1.54) is 5.56 Å². The molecule has 0 fully saturated rings. The van der Waals surface area contributed by atoms with E-state index in [-0.39, 0.29) is 0 Å². The van der Waals surface area contributed by atoms with Crippen molar-refractivity contribution >= 4 is 15.9 Å². The predicted octanol–water partition coefficient (Wildman–Crippen LogP) is 3.25. The van der Waals surface area contributed by atoms with Gasteiger partial charge in [-0.05, 0) is 53.5 Å². The fourth-order valence-corrected chi connectivity index (χ4v) is 1.78. The van der Waals surface area contributed by atoms with Crippen LogP contribution in [0.4, 0.5) is 0 Å². The molecule has 0 unspecified atom stereocenters. The number of halogens is 1. The van der Waals surface area contributed by atoms with Crippen LogP contribution in [-0.4, -0.2) is 9.78 Å². The number of rotatable bonds is 1. The van der Waals surface area contributed by atoms with Crippen molar-refractivity contribution in [2.45, 2.75) is 13.8 Å². The van der Waals surface area contributed by atoms with Gasteiger partial charge in [-0.1, -0.05) is 6.07 Å². The molecule has 3 heteroatoms. The van der Waals surface area contributed by atoms with Crippen LogP contribution in [0.1, 0.15) is 11.3 Å². The number of benzene rings is 1. The van der Waals surface area contributed by atoms with Gasteiger partial charge in [0.25, 0.3) is 0 Å². The largest absolute Gasteiger partial charge is 0.240 e. The fraction of sp³-hybridized carbons (Fsp3) is 0.182. The molecular formula is C11H11BrN2. The van der Waals surface area contributed by atoms with Gasteiger partial charge in [-0.25, -0.2) is 4.68 Å². The fourth-order valence-electron chi connectivity index (χ4n) is 1.35. The van der Waals surface area contributed by atoms with E-state index >= 15 is 0 Å². The summed E-state index contributed by atoms with van der Waals surface area (Å²) in [6.07, 6.45) is 1.97. The smallest absolute Gasteiger partial charge is 0.0790 e. The highest BCUT2D eigenvalue weighted by atomic mass is 79.9. The molecule has 0 radical (unpaired) electrons. The highest BCUT2D eigenvalue weighted by Gasteiger charge is 2.03. The molecule has 2 aromatic rings. The van der Waals surface area contributed by atoms with Gasteiger partial charge in [0, 0.05) is 10.7 Å². The van der Waals surface area contributed by atoms with Gasteiger partial charge in [0.1, 0.15) is 0 Å². The molecular weight excluding hydrogens is 240 g/mol. The van der Waals surface area contributed by atoms with Crippen molar-refractivity contribution in [3.05, 3.63) is 46.2 Å². The molecule has 2 rings (SSSR count). The third-order valence-corrected chi connectivity index (χ3v) is 2.74. The Labute approximate surface area is 91.7 Å². The maximum Gasteiger partial charge on any atom is 0.0790 e. The van der Waals surface area contributed by atoms with Crippen LogP contribution in [0, 0.1) is 13.8 Å². The number of nitrogens with zero attached hydrogens (tertiary/aromatic N) is 2. The lowest BCUT2D eigenvalue weighted by Gasteiger charge is -2.05. The van der Waals surface area contributed by atoms with Gasteiger partial charge in [0.2, 0.25) is 0 Å². The zero-order valence-electron chi connectivity index (χ0n) is 8.16. The van der Waals surface area contributed by atoms with Crippen LogP contribution in [0.2, 0.25) is 0 Å². The molecule has 0 aliphatic rings. The predicted molar refractivity (Wildman–Crippen MR) is 60.7 cm³/mol. The summed E-state index contributed by atoms with van der Waals surface area (Å²) in [6, 6.07) is 8.22. The van der Waals surface area contributed by atoms with E-state index in [0.29, 0.717) is 0 Å². The maximum absolute atomic E-state index is 4.37. The highest BCUT2D eigenvalue weighted by molar-refractivity contribution is 9.10. The number of aromatic nitrogens is 2. The summed E-state index contributed by atoms with van der Waals surface area (Å²) >= 11 is 3.52. The first-order valence-electron chi connectivity index (χ1n) is 4.45. The summed E-state index contributed by atoms with van der Waals surface area (Å²) in [6.45, 7) is 4.06. The minimum atomic E-state index is 1.03. The Bertz CT molecular complexity index is 460. The first kappa shape index (κ1) is 9.46. The van der Waals surface area contributed by atoms with Crippen molar-refractivity contribution in [2.24, 2.45) is 0 Å². The molecule has 2 nitrogen and oxygen atoms in total. The van der Waals surface area contributed by atoms with Gasteiger partial charge in [-0.2, -0.15) is 5.10 Å². The van der Waals surface area contributed by atoms with Gasteiger partial charge in [0.15, 0.2) is 0 Å². The topological polar surface area (TPSA) is 17.8 Å². The van der Waals surface area contributed by atoms with E-state index < -0.39 is 0 Å². The molecule has 0 aliphatic carbocycles. The molecule has 0 amide bonds. The van der Waals surface area contributed by atoms with E-state index in [0.717, 1.165) is 15.9 Å². The molecule has 72 valence electrons. The summed E-state index contributed by atoms with van der Waals surface area (Å²) < 4.78 is 2.94. The molecule has 1 aromatic heterocycles. The van der Waals surface area contributed by atoms with Crippen LogP contribution >= 0.6 is 15.9 Å². The Morgan fingerprint density at radius 2 is 2.00 bits per heavy atom. The van der Waals surface area contributed by atoms with Crippen molar-refractivity contribution in [3.63, 3.8) is 0 Å². The Balaban J connectivity index is 2.55. The minimum Gasteiger partial charge on any atom is -0.240 e. The summed E-state index contributed by atoms with van der Waals surface area (Å²) in [5, 5.41) is 4.37. The first-order valence-corrected chi connectivity index (χ1v) is 5.25. The van der Waals surface area contributed by atoms with Gasteiger partial charge in [-0.3, -0.25) is 0 Å². The lowest BCUT2D eigenvalue weighted by atomic mass is 10.2. The molecule has 0 atom stereocenters. The molecule has 0 saturated carbocycles. The van der Waals surface area contributed by atoms with Crippen molar-refractivity contribution in [1.82, 2.24) is 9.78 Å².